The van der Waals surface area contributed by atoms with Crippen molar-refractivity contribution in [1.82, 2.24) is 10.4 Å². The molecule has 0 spiro atoms. The Labute approximate surface area is 124 Å². The van der Waals surface area contributed by atoms with Crippen LogP contribution in [0.5, 0.6) is 0 Å². The number of nitrogens with two attached hydrogens (primary N) is 1. The Bertz CT molecular complexity index is 376. The summed E-state index contributed by atoms with van der Waals surface area (Å²) in [5.74, 6) is 5.71. The van der Waals surface area contributed by atoms with Crippen LogP contribution in [0.4, 0.5) is 0 Å². The molecule has 1 atom stereocenters. The lowest BCUT2D eigenvalue weighted by Crippen LogP contribution is -2.28. The number of hydrazine groups is 1. The molecule has 0 aliphatic carbocycles. The van der Waals surface area contributed by atoms with E-state index in [1.807, 2.05) is 6.92 Å². The van der Waals surface area contributed by atoms with Crippen molar-refractivity contribution in [1.29, 1.82) is 0 Å². The van der Waals surface area contributed by atoms with Crippen LogP contribution >= 0.6 is 0 Å². The van der Waals surface area contributed by atoms with Gasteiger partial charge >= 0.3 is 0 Å². The van der Waals surface area contributed by atoms with Crippen LogP contribution in [0.2, 0.25) is 0 Å². The number of nitrogens with zero attached hydrogens (tertiary/aromatic N) is 1. The Morgan fingerprint density at radius 1 is 1.05 bits per heavy atom. The zero-order chi connectivity index (χ0) is 14.8. The fourth-order valence-corrected chi connectivity index (χ4v) is 2.70. The first-order valence-corrected chi connectivity index (χ1v) is 8.09. The molecule has 0 radical (unpaired) electrons. The fourth-order valence-electron chi connectivity index (χ4n) is 2.70. The van der Waals surface area contributed by atoms with E-state index in [1.54, 1.807) is 0 Å². The first-order chi connectivity index (χ1) is 9.69. The third kappa shape index (κ3) is 6.02. The second kappa shape index (κ2) is 9.89. The number of rotatable bonds is 10. The van der Waals surface area contributed by atoms with Gasteiger partial charge in [0.2, 0.25) is 0 Å². The molecule has 0 fully saturated rings. The normalized spacial score (nSPS) is 12.6. The molecule has 0 aliphatic heterocycles. The quantitative estimate of drug-likeness (QED) is 0.380. The Morgan fingerprint density at radius 2 is 1.70 bits per heavy atom. The van der Waals surface area contributed by atoms with E-state index >= 15 is 0 Å². The molecule has 1 aromatic heterocycles. The SMILES string of the molecule is CCCCCCCCCC(NN)c1ccc(C)nc1C. The molecule has 1 unspecified atom stereocenters. The van der Waals surface area contributed by atoms with Crippen LogP contribution in [-0.2, 0) is 0 Å². The maximum Gasteiger partial charge on any atom is 0.0477 e. The summed E-state index contributed by atoms with van der Waals surface area (Å²) in [5, 5.41) is 0. The fraction of sp³-hybridized carbons (Fsp3) is 0.706. The van der Waals surface area contributed by atoms with Crippen molar-refractivity contribution < 1.29 is 0 Å². The summed E-state index contributed by atoms with van der Waals surface area (Å²) in [4.78, 5) is 4.53. The minimum absolute atomic E-state index is 0.235. The van der Waals surface area contributed by atoms with Gasteiger partial charge in [-0.15, -0.1) is 0 Å². The number of aryl methyl sites for hydroxylation is 2. The van der Waals surface area contributed by atoms with Crippen LogP contribution in [0.1, 0.15) is 81.3 Å². The molecule has 0 saturated heterocycles. The van der Waals surface area contributed by atoms with E-state index in [9.17, 15) is 0 Å². The van der Waals surface area contributed by atoms with E-state index in [1.165, 1.54) is 50.5 Å². The van der Waals surface area contributed by atoms with Crippen molar-refractivity contribution in [2.75, 3.05) is 0 Å². The van der Waals surface area contributed by atoms with Gasteiger partial charge in [-0.1, -0.05) is 57.9 Å². The van der Waals surface area contributed by atoms with Gasteiger partial charge in [-0.05, 0) is 31.9 Å². The highest BCUT2D eigenvalue weighted by Crippen LogP contribution is 2.22. The number of aromatic nitrogens is 1. The van der Waals surface area contributed by atoms with Crippen molar-refractivity contribution >= 4 is 0 Å². The van der Waals surface area contributed by atoms with Gasteiger partial charge in [0.05, 0.1) is 0 Å². The summed E-state index contributed by atoms with van der Waals surface area (Å²) in [6.07, 6.45) is 10.4. The lowest BCUT2D eigenvalue weighted by Gasteiger charge is -2.18. The number of hydrogen-bond acceptors (Lipinski definition) is 3. The van der Waals surface area contributed by atoms with Crippen LogP contribution in [0.3, 0.4) is 0 Å². The van der Waals surface area contributed by atoms with Crippen LogP contribution in [0.15, 0.2) is 12.1 Å². The third-order valence-corrected chi connectivity index (χ3v) is 3.94. The second-order valence-corrected chi connectivity index (χ2v) is 5.76. The minimum Gasteiger partial charge on any atom is -0.271 e. The summed E-state index contributed by atoms with van der Waals surface area (Å²) >= 11 is 0. The zero-order valence-electron chi connectivity index (χ0n) is 13.4. The lowest BCUT2D eigenvalue weighted by molar-refractivity contribution is 0.473. The van der Waals surface area contributed by atoms with Crippen LogP contribution < -0.4 is 11.3 Å². The highest BCUT2D eigenvalue weighted by atomic mass is 15.2. The molecular formula is C17H31N3. The molecule has 3 heteroatoms. The molecule has 0 bridgehead atoms. The summed E-state index contributed by atoms with van der Waals surface area (Å²) in [6, 6.07) is 4.46. The monoisotopic (exact) mass is 277 g/mol. The van der Waals surface area contributed by atoms with Gasteiger partial charge in [-0.3, -0.25) is 16.3 Å². The van der Waals surface area contributed by atoms with Gasteiger partial charge < -0.3 is 0 Å². The zero-order valence-corrected chi connectivity index (χ0v) is 13.4. The number of pyridine rings is 1. The van der Waals surface area contributed by atoms with Gasteiger partial charge in [0, 0.05) is 17.4 Å². The Kier molecular flexibility index (Phi) is 8.47. The molecule has 0 aromatic carbocycles. The van der Waals surface area contributed by atoms with Crippen LogP contribution in [-0.4, -0.2) is 4.98 Å². The minimum atomic E-state index is 0.235. The molecule has 1 aromatic rings. The Morgan fingerprint density at radius 3 is 2.30 bits per heavy atom. The highest BCUT2D eigenvalue weighted by Gasteiger charge is 2.12. The Hall–Kier alpha value is -0.930. The Balaban J connectivity index is 2.32. The maximum atomic E-state index is 5.71. The molecule has 1 heterocycles. The lowest BCUT2D eigenvalue weighted by atomic mass is 9.98. The van der Waals surface area contributed by atoms with E-state index < -0.39 is 0 Å². The van der Waals surface area contributed by atoms with Crippen molar-refractivity contribution in [2.45, 2.75) is 78.2 Å². The largest absolute Gasteiger partial charge is 0.271 e. The maximum absolute atomic E-state index is 5.71. The molecule has 3 N–H and O–H groups in total. The summed E-state index contributed by atoms with van der Waals surface area (Å²) in [6.45, 7) is 6.35. The van der Waals surface area contributed by atoms with Crippen LogP contribution in [0.25, 0.3) is 0 Å². The molecule has 114 valence electrons. The van der Waals surface area contributed by atoms with E-state index in [-0.39, 0.29) is 6.04 Å². The molecule has 0 saturated carbocycles. The molecule has 20 heavy (non-hydrogen) atoms. The van der Waals surface area contributed by atoms with Crippen molar-refractivity contribution in [2.24, 2.45) is 5.84 Å². The molecule has 1 rings (SSSR count). The predicted molar refractivity (Wildman–Crippen MR) is 86.4 cm³/mol. The van der Waals surface area contributed by atoms with Gasteiger partial charge in [-0.25, -0.2) is 0 Å². The van der Waals surface area contributed by atoms with Crippen molar-refractivity contribution in [3.05, 3.63) is 29.1 Å². The van der Waals surface area contributed by atoms with Crippen molar-refractivity contribution in [3.8, 4) is 0 Å². The predicted octanol–water partition coefficient (Wildman–Crippen LogP) is 4.34. The molecule has 0 amide bonds. The first-order valence-electron chi connectivity index (χ1n) is 8.09. The molecular weight excluding hydrogens is 246 g/mol. The standard InChI is InChI=1S/C17H31N3/c1-4-5-6-7-8-9-10-11-17(20-18)16-13-12-14(2)19-15(16)3/h12-13,17,20H,4-11,18H2,1-3H3. The van der Waals surface area contributed by atoms with Gasteiger partial charge in [0.25, 0.3) is 0 Å². The second-order valence-electron chi connectivity index (χ2n) is 5.76. The summed E-state index contributed by atoms with van der Waals surface area (Å²) in [7, 11) is 0. The average molecular weight is 277 g/mol. The van der Waals surface area contributed by atoms with Crippen molar-refractivity contribution in [3.63, 3.8) is 0 Å². The van der Waals surface area contributed by atoms with Gasteiger partial charge in [-0.2, -0.15) is 0 Å². The van der Waals surface area contributed by atoms with E-state index in [0.29, 0.717) is 0 Å². The summed E-state index contributed by atoms with van der Waals surface area (Å²) in [5.41, 5.74) is 6.35. The topological polar surface area (TPSA) is 50.9 Å². The third-order valence-electron chi connectivity index (χ3n) is 3.94. The van der Waals surface area contributed by atoms with Gasteiger partial charge in [0.15, 0.2) is 0 Å². The smallest absolute Gasteiger partial charge is 0.0477 e. The average Bonchev–Trinajstić information content (AvgIpc) is 2.43. The number of nitrogens with one attached hydrogen (secondary N) is 1. The molecule has 0 aliphatic rings. The number of unbranched alkanes of at least 4 members (excludes halogenated alkanes) is 6. The van der Waals surface area contributed by atoms with E-state index in [4.69, 9.17) is 5.84 Å². The van der Waals surface area contributed by atoms with Gasteiger partial charge in [0.1, 0.15) is 0 Å². The first kappa shape index (κ1) is 17.1. The van der Waals surface area contributed by atoms with E-state index in [2.05, 4.69) is 36.4 Å². The summed E-state index contributed by atoms with van der Waals surface area (Å²) < 4.78 is 0. The van der Waals surface area contributed by atoms with E-state index in [0.717, 1.165) is 17.8 Å². The molecule has 3 nitrogen and oxygen atoms in total. The highest BCUT2D eigenvalue weighted by molar-refractivity contribution is 5.24. The van der Waals surface area contributed by atoms with Crippen LogP contribution in [0, 0.1) is 13.8 Å². The number of hydrogen-bond donors (Lipinski definition) is 2.